The van der Waals surface area contributed by atoms with E-state index >= 15 is 0 Å². The van der Waals surface area contributed by atoms with Gasteiger partial charge in [0.1, 0.15) is 5.75 Å². The topological polar surface area (TPSA) is 72.3 Å². The van der Waals surface area contributed by atoms with E-state index in [2.05, 4.69) is 17.2 Å². The number of H-pyrrole nitrogens is 1. The van der Waals surface area contributed by atoms with Gasteiger partial charge in [0.25, 0.3) is 5.56 Å². The minimum absolute atomic E-state index is 0.193. The number of nitrogens with zero attached hydrogens (tertiary/aromatic N) is 3. The van der Waals surface area contributed by atoms with Gasteiger partial charge in [0.05, 0.1) is 40.0 Å². The molecule has 0 atom stereocenters. The average molecular weight is 491 g/mol. The molecule has 1 N–H and O–H groups in total. The molecule has 0 aliphatic carbocycles. The molecule has 0 aliphatic rings. The lowest BCUT2D eigenvalue weighted by Crippen LogP contribution is -2.19. The van der Waals surface area contributed by atoms with Gasteiger partial charge < -0.3 is 4.74 Å². The van der Waals surface area contributed by atoms with Crippen LogP contribution in [0, 0.1) is 0 Å². The number of aromatic nitrogens is 3. The lowest BCUT2D eigenvalue weighted by atomic mass is 10.0. The summed E-state index contributed by atoms with van der Waals surface area (Å²) in [6, 6.07) is 29.6. The fourth-order valence-corrected chi connectivity index (χ4v) is 5.30. The van der Waals surface area contributed by atoms with Crippen LogP contribution in [-0.2, 0) is 0 Å². The van der Waals surface area contributed by atoms with Crippen molar-refractivity contribution >= 4 is 43.7 Å². The molecule has 176 valence electrons. The highest BCUT2D eigenvalue weighted by atomic mass is 32.1. The highest BCUT2D eigenvalue weighted by molar-refractivity contribution is 7.20. The van der Waals surface area contributed by atoms with Gasteiger partial charge in [-0.25, -0.2) is 4.98 Å². The maximum absolute atomic E-state index is 13.9. The second-order valence-electron chi connectivity index (χ2n) is 8.39. The molecule has 0 amide bonds. The van der Waals surface area contributed by atoms with Crippen molar-refractivity contribution in [1.82, 2.24) is 14.8 Å². The Morgan fingerprint density at radius 3 is 2.50 bits per heavy atom. The van der Waals surface area contributed by atoms with Crippen molar-refractivity contribution in [2.45, 2.75) is 6.92 Å². The molecule has 0 radical (unpaired) electrons. The molecule has 6 aromatic rings. The van der Waals surface area contributed by atoms with Crippen molar-refractivity contribution < 1.29 is 4.74 Å². The third kappa shape index (κ3) is 3.79. The molecule has 0 aliphatic heterocycles. The first-order valence-electron chi connectivity index (χ1n) is 11.5. The second-order valence-corrected chi connectivity index (χ2v) is 9.40. The normalized spacial score (nSPS) is 11.9. The van der Waals surface area contributed by atoms with Crippen LogP contribution in [0.3, 0.4) is 0 Å². The lowest BCUT2D eigenvalue weighted by molar-refractivity contribution is 0.415. The molecular weight excluding hydrogens is 468 g/mol. The van der Waals surface area contributed by atoms with E-state index in [9.17, 15) is 4.79 Å². The third-order valence-corrected chi connectivity index (χ3v) is 7.18. The number of ether oxygens (including phenoxy) is 1. The first-order valence-corrected chi connectivity index (χ1v) is 12.3. The van der Waals surface area contributed by atoms with Crippen LogP contribution in [0.1, 0.15) is 12.5 Å². The van der Waals surface area contributed by atoms with E-state index in [0.717, 1.165) is 38.0 Å². The Morgan fingerprint density at radius 1 is 0.944 bits per heavy atom. The molecule has 4 aromatic carbocycles. The van der Waals surface area contributed by atoms with Gasteiger partial charge in [-0.1, -0.05) is 59.9 Å². The fourth-order valence-electron chi connectivity index (χ4n) is 4.37. The van der Waals surface area contributed by atoms with Gasteiger partial charge in [-0.3, -0.25) is 14.9 Å². The van der Waals surface area contributed by atoms with E-state index in [1.165, 1.54) is 16.0 Å². The number of aromatic amines is 1. The number of hydrogen-bond acceptors (Lipinski definition) is 5. The van der Waals surface area contributed by atoms with Crippen molar-refractivity contribution in [1.29, 1.82) is 0 Å². The molecule has 0 bridgehead atoms. The minimum Gasteiger partial charge on any atom is -0.497 e. The Hall–Kier alpha value is -4.49. The SMILES string of the molecule is COc1ccc(-c2[nH]n(-c3nc4ccccc4s3)c(=O)c2C(C)=Nc2cccc3ccccc23)cc1. The molecule has 6 nitrogen and oxygen atoms in total. The summed E-state index contributed by atoms with van der Waals surface area (Å²) in [6.07, 6.45) is 0. The Morgan fingerprint density at radius 2 is 1.69 bits per heavy atom. The van der Waals surface area contributed by atoms with Gasteiger partial charge in [-0.05, 0) is 54.8 Å². The van der Waals surface area contributed by atoms with Crippen LogP contribution in [0.4, 0.5) is 5.69 Å². The number of nitrogens with one attached hydrogen (secondary N) is 1. The smallest absolute Gasteiger partial charge is 0.283 e. The van der Waals surface area contributed by atoms with Crippen LogP contribution in [0.25, 0.3) is 37.4 Å². The van der Waals surface area contributed by atoms with Crippen LogP contribution in [0.5, 0.6) is 5.75 Å². The molecule has 2 heterocycles. The van der Waals surface area contributed by atoms with Gasteiger partial charge in [-0.2, -0.15) is 4.68 Å². The molecule has 0 saturated heterocycles. The van der Waals surface area contributed by atoms with Gasteiger partial charge in [0.15, 0.2) is 0 Å². The number of aliphatic imine (C=N–C) groups is 1. The van der Waals surface area contributed by atoms with E-state index in [4.69, 9.17) is 14.7 Å². The molecule has 6 rings (SSSR count). The molecule has 0 unspecified atom stereocenters. The molecule has 0 saturated carbocycles. The fraction of sp³-hybridized carbons (Fsp3) is 0.0690. The standard InChI is InChI=1S/C29H22N4O2S/c1-18(30-23-12-7-9-19-8-3-4-10-22(19)23)26-27(20-14-16-21(35-2)17-15-20)32-33(28(26)34)29-31-24-11-5-6-13-25(24)36-29/h3-17,32H,1-2H3. The van der Waals surface area contributed by atoms with Gasteiger partial charge >= 0.3 is 0 Å². The van der Waals surface area contributed by atoms with Gasteiger partial charge in [0, 0.05) is 10.9 Å². The third-order valence-electron chi connectivity index (χ3n) is 6.16. The highest BCUT2D eigenvalue weighted by Crippen LogP contribution is 2.30. The summed E-state index contributed by atoms with van der Waals surface area (Å²) < 4.78 is 7.86. The van der Waals surface area contributed by atoms with E-state index in [1.807, 2.05) is 85.8 Å². The second kappa shape index (κ2) is 8.94. The summed E-state index contributed by atoms with van der Waals surface area (Å²) in [5.74, 6) is 0.745. The average Bonchev–Trinajstić information content (AvgIpc) is 3.50. The number of fused-ring (bicyclic) bond motifs is 2. The van der Waals surface area contributed by atoms with E-state index in [-0.39, 0.29) is 5.56 Å². The first-order chi connectivity index (χ1) is 17.6. The summed E-state index contributed by atoms with van der Waals surface area (Å²) >= 11 is 1.47. The van der Waals surface area contributed by atoms with Crippen molar-refractivity contribution in [2.24, 2.45) is 4.99 Å². The van der Waals surface area contributed by atoms with Crippen molar-refractivity contribution in [2.75, 3.05) is 7.11 Å². The van der Waals surface area contributed by atoms with Crippen LogP contribution in [0.15, 0.2) is 101 Å². The van der Waals surface area contributed by atoms with E-state index in [1.54, 1.807) is 7.11 Å². The summed E-state index contributed by atoms with van der Waals surface area (Å²) in [7, 11) is 1.63. The zero-order valence-corrected chi connectivity index (χ0v) is 20.5. The zero-order chi connectivity index (χ0) is 24.6. The Bertz CT molecular complexity index is 1770. The predicted octanol–water partition coefficient (Wildman–Crippen LogP) is 6.74. The van der Waals surface area contributed by atoms with Gasteiger partial charge in [-0.15, -0.1) is 0 Å². The van der Waals surface area contributed by atoms with Crippen molar-refractivity contribution in [3.8, 4) is 22.1 Å². The molecule has 0 spiro atoms. The predicted molar refractivity (Wildman–Crippen MR) is 147 cm³/mol. The zero-order valence-electron chi connectivity index (χ0n) is 19.7. The number of thiazole rings is 1. The first kappa shape index (κ1) is 22.0. The van der Waals surface area contributed by atoms with E-state index < -0.39 is 0 Å². The summed E-state index contributed by atoms with van der Waals surface area (Å²) in [4.78, 5) is 23.5. The van der Waals surface area contributed by atoms with E-state index in [0.29, 0.717) is 22.1 Å². The monoisotopic (exact) mass is 490 g/mol. The Kier molecular flexibility index (Phi) is 5.47. The van der Waals surface area contributed by atoms with Crippen molar-refractivity contribution in [3.63, 3.8) is 0 Å². The number of hydrogen-bond donors (Lipinski definition) is 1. The Labute approximate surface area is 211 Å². The van der Waals surface area contributed by atoms with Crippen LogP contribution in [0.2, 0.25) is 0 Å². The van der Waals surface area contributed by atoms with Crippen molar-refractivity contribution in [3.05, 3.63) is 107 Å². The molecule has 7 heteroatoms. The maximum atomic E-state index is 13.9. The molecule has 36 heavy (non-hydrogen) atoms. The molecule has 2 aromatic heterocycles. The quantitative estimate of drug-likeness (QED) is 0.272. The highest BCUT2D eigenvalue weighted by Gasteiger charge is 2.21. The Balaban J connectivity index is 1.56. The maximum Gasteiger partial charge on any atom is 0.283 e. The summed E-state index contributed by atoms with van der Waals surface area (Å²) in [5, 5.41) is 6.03. The number of rotatable bonds is 5. The van der Waals surface area contributed by atoms with Crippen LogP contribution in [-0.4, -0.2) is 27.6 Å². The number of benzene rings is 4. The molecular formula is C29H22N4O2S. The van der Waals surface area contributed by atoms with Gasteiger partial charge in [0.2, 0.25) is 5.13 Å². The minimum atomic E-state index is -0.193. The van der Waals surface area contributed by atoms with Crippen LogP contribution >= 0.6 is 11.3 Å². The lowest BCUT2D eigenvalue weighted by Gasteiger charge is -2.06. The summed E-state index contributed by atoms with van der Waals surface area (Å²) in [6.45, 7) is 1.88. The number of methoxy groups -OCH3 is 1. The molecule has 0 fully saturated rings. The largest absolute Gasteiger partial charge is 0.497 e. The van der Waals surface area contributed by atoms with Crippen LogP contribution < -0.4 is 10.3 Å². The summed E-state index contributed by atoms with van der Waals surface area (Å²) in [5.41, 5.74) is 4.15. The number of para-hydroxylation sites is 1.